The molecule has 0 radical (unpaired) electrons. The normalized spacial score (nSPS) is 10.7. The van der Waals surface area contributed by atoms with E-state index in [0.717, 1.165) is 16.7 Å². The quantitative estimate of drug-likeness (QED) is 0.704. The average Bonchev–Trinajstić information content (AvgIpc) is 2.58. The van der Waals surface area contributed by atoms with Crippen LogP contribution in [0.1, 0.15) is 0 Å². The highest BCUT2D eigenvalue weighted by Gasteiger charge is 2.06. The first-order valence-corrected chi connectivity index (χ1v) is 7.58. The summed E-state index contributed by atoms with van der Waals surface area (Å²) in [6.07, 6.45) is 1.54. The van der Waals surface area contributed by atoms with Crippen LogP contribution in [0, 0.1) is 0 Å². The second-order valence-corrected chi connectivity index (χ2v) is 5.42. The van der Waals surface area contributed by atoms with Crippen molar-refractivity contribution in [2.75, 3.05) is 23.7 Å². The number of nitrogens with zero attached hydrogens (tertiary/aromatic N) is 3. The van der Waals surface area contributed by atoms with Crippen LogP contribution < -0.4 is 16.2 Å². The number of hydrogen-bond acceptors (Lipinski definition) is 5. The number of pyridine rings is 1. The van der Waals surface area contributed by atoms with Crippen molar-refractivity contribution < 1.29 is 0 Å². The maximum atomic E-state index is 11.7. The minimum Gasteiger partial charge on any atom is -0.381 e. The van der Waals surface area contributed by atoms with Gasteiger partial charge in [-0.15, -0.1) is 0 Å². The monoisotopic (exact) mass is 329 g/mol. The molecule has 118 valence electrons. The molecule has 0 saturated carbocycles. The van der Waals surface area contributed by atoms with Gasteiger partial charge in [0.25, 0.3) is 5.56 Å². The van der Waals surface area contributed by atoms with Gasteiger partial charge < -0.3 is 10.6 Å². The molecule has 1 aromatic carbocycles. The Bertz CT molecular complexity index is 893. The number of halogens is 1. The molecular formula is C16H16ClN5O. The van der Waals surface area contributed by atoms with Crippen LogP contribution in [0.4, 0.5) is 11.5 Å². The van der Waals surface area contributed by atoms with E-state index in [9.17, 15) is 4.79 Å². The predicted molar refractivity (Wildman–Crippen MR) is 93.2 cm³/mol. The maximum Gasteiger partial charge on any atom is 0.287 e. The standard InChI is InChI=1S/C16H16ClN5O/c1-22-16(23)15(17)13(10-20-22)18-8-9-19-14-7-6-11-4-2-3-5-12(11)21-14/h2-7,10,18H,8-9H2,1H3,(H,19,21). The zero-order chi connectivity index (χ0) is 16.2. The van der Waals surface area contributed by atoms with Crippen molar-refractivity contribution in [2.45, 2.75) is 0 Å². The first kappa shape index (κ1) is 15.3. The molecule has 23 heavy (non-hydrogen) atoms. The lowest BCUT2D eigenvalue weighted by Crippen LogP contribution is -2.22. The summed E-state index contributed by atoms with van der Waals surface area (Å²) in [6, 6.07) is 11.9. The van der Waals surface area contributed by atoms with Crippen LogP contribution in [-0.4, -0.2) is 27.9 Å². The zero-order valence-corrected chi connectivity index (χ0v) is 13.3. The summed E-state index contributed by atoms with van der Waals surface area (Å²) in [5.74, 6) is 0.804. The van der Waals surface area contributed by atoms with Crippen molar-refractivity contribution in [3.63, 3.8) is 0 Å². The Hall–Kier alpha value is -2.60. The Morgan fingerprint density at radius 2 is 1.91 bits per heavy atom. The summed E-state index contributed by atoms with van der Waals surface area (Å²) >= 11 is 5.99. The van der Waals surface area contributed by atoms with Crippen molar-refractivity contribution in [3.8, 4) is 0 Å². The van der Waals surface area contributed by atoms with E-state index >= 15 is 0 Å². The number of para-hydroxylation sites is 1. The summed E-state index contributed by atoms with van der Waals surface area (Å²) < 4.78 is 1.20. The molecule has 0 bridgehead atoms. The van der Waals surface area contributed by atoms with Crippen LogP contribution in [-0.2, 0) is 7.05 Å². The molecule has 0 amide bonds. The van der Waals surface area contributed by atoms with E-state index in [2.05, 4.69) is 20.7 Å². The lowest BCUT2D eigenvalue weighted by atomic mass is 10.2. The van der Waals surface area contributed by atoms with Gasteiger partial charge in [-0.05, 0) is 18.2 Å². The van der Waals surface area contributed by atoms with Crippen LogP contribution >= 0.6 is 11.6 Å². The number of aromatic nitrogens is 3. The first-order chi connectivity index (χ1) is 11.1. The van der Waals surface area contributed by atoms with Gasteiger partial charge in [-0.25, -0.2) is 9.67 Å². The van der Waals surface area contributed by atoms with Gasteiger partial charge in [0, 0.05) is 25.5 Å². The Balaban J connectivity index is 1.59. The van der Waals surface area contributed by atoms with Gasteiger partial charge >= 0.3 is 0 Å². The van der Waals surface area contributed by atoms with Gasteiger partial charge in [-0.3, -0.25) is 4.79 Å². The minimum absolute atomic E-state index is 0.145. The SMILES string of the molecule is Cn1ncc(NCCNc2ccc3ccccc3n2)c(Cl)c1=O. The van der Waals surface area contributed by atoms with Gasteiger partial charge in [0.05, 0.1) is 17.4 Å². The Kier molecular flexibility index (Phi) is 4.43. The molecule has 0 unspecified atom stereocenters. The van der Waals surface area contributed by atoms with E-state index in [1.807, 2.05) is 36.4 Å². The molecular weight excluding hydrogens is 314 g/mol. The third kappa shape index (κ3) is 3.43. The fourth-order valence-corrected chi connectivity index (χ4v) is 2.42. The van der Waals surface area contributed by atoms with Crippen LogP contribution in [0.25, 0.3) is 10.9 Å². The summed E-state index contributed by atoms with van der Waals surface area (Å²) in [6.45, 7) is 1.22. The summed E-state index contributed by atoms with van der Waals surface area (Å²) in [5, 5.41) is 11.5. The van der Waals surface area contributed by atoms with Crippen LogP contribution in [0.15, 0.2) is 47.4 Å². The second kappa shape index (κ2) is 6.66. The van der Waals surface area contributed by atoms with Crippen molar-refractivity contribution in [3.05, 3.63) is 58.0 Å². The molecule has 0 aliphatic carbocycles. The van der Waals surface area contributed by atoms with Crippen molar-refractivity contribution in [1.29, 1.82) is 0 Å². The van der Waals surface area contributed by atoms with E-state index in [-0.39, 0.29) is 10.6 Å². The number of fused-ring (bicyclic) bond motifs is 1. The second-order valence-electron chi connectivity index (χ2n) is 5.04. The molecule has 0 aliphatic rings. The Labute approximate surface area is 138 Å². The number of nitrogens with one attached hydrogen (secondary N) is 2. The first-order valence-electron chi connectivity index (χ1n) is 7.20. The van der Waals surface area contributed by atoms with E-state index in [4.69, 9.17) is 11.6 Å². The highest BCUT2D eigenvalue weighted by Crippen LogP contribution is 2.15. The fourth-order valence-electron chi connectivity index (χ4n) is 2.19. The molecule has 0 aliphatic heterocycles. The Morgan fingerprint density at radius 3 is 2.78 bits per heavy atom. The van der Waals surface area contributed by atoms with E-state index in [1.165, 1.54) is 10.9 Å². The van der Waals surface area contributed by atoms with Crippen LogP contribution in [0.5, 0.6) is 0 Å². The lowest BCUT2D eigenvalue weighted by Gasteiger charge is -2.10. The van der Waals surface area contributed by atoms with Gasteiger partial charge in [0.15, 0.2) is 0 Å². The third-order valence-electron chi connectivity index (χ3n) is 3.42. The molecule has 6 nitrogen and oxygen atoms in total. The molecule has 7 heteroatoms. The molecule has 0 atom stereocenters. The Morgan fingerprint density at radius 1 is 1.13 bits per heavy atom. The van der Waals surface area contributed by atoms with Gasteiger partial charge in [-0.1, -0.05) is 29.8 Å². The van der Waals surface area contributed by atoms with Gasteiger partial charge in [0.2, 0.25) is 0 Å². The number of hydrogen-bond donors (Lipinski definition) is 2. The molecule has 0 saturated heterocycles. The molecule has 0 spiro atoms. The maximum absolute atomic E-state index is 11.7. The summed E-state index contributed by atoms with van der Waals surface area (Å²) in [4.78, 5) is 16.2. The third-order valence-corrected chi connectivity index (χ3v) is 3.79. The molecule has 2 heterocycles. The lowest BCUT2D eigenvalue weighted by molar-refractivity contribution is 0.708. The highest BCUT2D eigenvalue weighted by molar-refractivity contribution is 6.32. The number of aryl methyl sites for hydroxylation is 1. The van der Waals surface area contributed by atoms with E-state index in [1.54, 1.807) is 7.05 Å². The van der Waals surface area contributed by atoms with E-state index in [0.29, 0.717) is 18.8 Å². The van der Waals surface area contributed by atoms with Crippen molar-refractivity contribution in [2.24, 2.45) is 7.05 Å². The largest absolute Gasteiger partial charge is 0.381 e. The van der Waals surface area contributed by atoms with Crippen molar-refractivity contribution >= 4 is 34.0 Å². The molecule has 3 rings (SSSR count). The van der Waals surface area contributed by atoms with Crippen LogP contribution in [0.3, 0.4) is 0 Å². The topological polar surface area (TPSA) is 71.8 Å². The minimum atomic E-state index is -0.319. The van der Waals surface area contributed by atoms with Gasteiger partial charge in [-0.2, -0.15) is 5.10 Å². The molecule has 0 fully saturated rings. The van der Waals surface area contributed by atoms with Gasteiger partial charge in [0.1, 0.15) is 10.8 Å². The zero-order valence-electron chi connectivity index (χ0n) is 12.6. The molecule has 2 aromatic heterocycles. The highest BCUT2D eigenvalue weighted by atomic mass is 35.5. The summed E-state index contributed by atoms with van der Waals surface area (Å²) in [5.41, 5.74) is 1.16. The number of benzene rings is 1. The average molecular weight is 330 g/mol. The molecule has 3 aromatic rings. The van der Waals surface area contributed by atoms with Crippen LogP contribution in [0.2, 0.25) is 5.02 Å². The summed E-state index contributed by atoms with van der Waals surface area (Å²) in [7, 11) is 1.56. The van der Waals surface area contributed by atoms with E-state index < -0.39 is 0 Å². The molecule has 2 N–H and O–H groups in total. The number of rotatable bonds is 5. The number of anilines is 2. The fraction of sp³-hybridized carbons (Fsp3) is 0.188. The smallest absolute Gasteiger partial charge is 0.287 e. The predicted octanol–water partition coefficient (Wildman–Crippen LogP) is 2.51. The van der Waals surface area contributed by atoms with Crippen molar-refractivity contribution in [1.82, 2.24) is 14.8 Å².